The summed E-state index contributed by atoms with van der Waals surface area (Å²) in [6.45, 7) is 3.72. The summed E-state index contributed by atoms with van der Waals surface area (Å²) < 4.78 is 44.2. The van der Waals surface area contributed by atoms with Crippen molar-refractivity contribution in [2.75, 3.05) is 5.32 Å². The summed E-state index contributed by atoms with van der Waals surface area (Å²) in [5.74, 6) is -0.711. The van der Waals surface area contributed by atoms with Crippen LogP contribution >= 0.6 is 0 Å². The van der Waals surface area contributed by atoms with Crippen molar-refractivity contribution in [3.05, 3.63) is 47.9 Å². The van der Waals surface area contributed by atoms with Crippen molar-refractivity contribution in [2.24, 2.45) is 10.7 Å². The molecule has 2 heterocycles. The number of alkyl halides is 3. The van der Waals surface area contributed by atoms with Crippen LogP contribution in [0.1, 0.15) is 25.1 Å². The fraction of sp³-hybridized carbons (Fsp3) is 0.250. The predicted molar refractivity (Wildman–Crippen MR) is 91.3 cm³/mol. The molecular weight excluding hydrogens is 349 g/mol. The zero-order chi connectivity index (χ0) is 19.3. The summed E-state index contributed by atoms with van der Waals surface area (Å²) in [5, 5.41) is 10.1. The van der Waals surface area contributed by atoms with Gasteiger partial charge in [-0.25, -0.2) is 9.97 Å². The summed E-state index contributed by atoms with van der Waals surface area (Å²) in [6.07, 6.45) is -2.02. The highest BCUT2D eigenvalue weighted by Gasteiger charge is 2.34. The number of anilines is 1. The lowest BCUT2D eigenvalue weighted by Gasteiger charge is -2.12. The van der Waals surface area contributed by atoms with Crippen LogP contribution in [0.3, 0.4) is 0 Å². The number of pyridine rings is 2. The molecule has 0 aromatic carbocycles. The minimum Gasteiger partial charge on any atom is -0.489 e. The second-order valence-electron chi connectivity index (χ2n) is 5.41. The second kappa shape index (κ2) is 7.81. The van der Waals surface area contributed by atoms with E-state index in [1.165, 1.54) is 18.5 Å². The van der Waals surface area contributed by atoms with E-state index in [1.54, 1.807) is 6.07 Å². The van der Waals surface area contributed by atoms with Gasteiger partial charge in [0.05, 0.1) is 17.9 Å². The number of rotatable bonds is 4. The zero-order valence-electron chi connectivity index (χ0n) is 14.0. The fourth-order valence-corrected chi connectivity index (χ4v) is 1.92. The molecule has 0 saturated heterocycles. The van der Waals surface area contributed by atoms with Gasteiger partial charge in [-0.2, -0.15) is 18.2 Å². The standard InChI is InChI=1S/C16H17F3N6O/c1-9(2)26-10-5-6-12(23-8-10)13(20)24-15(21)25-14-11(16(17,18)19)4-3-7-22-14/h3-9H,1-2H3,(H4,20,21,22,24,25). The molecule has 2 aromatic rings. The van der Waals surface area contributed by atoms with Gasteiger partial charge in [-0.3, -0.25) is 5.41 Å². The van der Waals surface area contributed by atoms with Gasteiger partial charge in [-0.15, -0.1) is 0 Å². The van der Waals surface area contributed by atoms with E-state index >= 15 is 0 Å². The molecule has 0 radical (unpaired) electrons. The van der Waals surface area contributed by atoms with Crippen LogP contribution in [-0.2, 0) is 6.18 Å². The first-order valence-electron chi connectivity index (χ1n) is 7.52. The first-order valence-corrected chi connectivity index (χ1v) is 7.52. The first kappa shape index (κ1) is 19.2. The van der Waals surface area contributed by atoms with Gasteiger partial charge in [-0.05, 0) is 38.1 Å². The van der Waals surface area contributed by atoms with E-state index in [1.807, 2.05) is 13.8 Å². The molecule has 0 fully saturated rings. The molecule has 0 aliphatic heterocycles. The Balaban J connectivity index is 2.14. The maximum atomic E-state index is 12.9. The van der Waals surface area contributed by atoms with Crippen molar-refractivity contribution in [1.82, 2.24) is 9.97 Å². The number of hydrogen-bond acceptors (Lipinski definition) is 4. The normalized spacial score (nSPS) is 12.2. The van der Waals surface area contributed by atoms with Gasteiger partial charge in [0.1, 0.15) is 17.3 Å². The van der Waals surface area contributed by atoms with Gasteiger partial charge in [-0.1, -0.05) is 0 Å². The number of halogens is 3. The molecule has 0 amide bonds. The highest BCUT2D eigenvalue weighted by Crippen LogP contribution is 2.33. The maximum Gasteiger partial charge on any atom is 0.419 e. The molecule has 0 aliphatic carbocycles. The van der Waals surface area contributed by atoms with Crippen LogP contribution in [0.4, 0.5) is 19.0 Å². The Morgan fingerprint density at radius 3 is 2.58 bits per heavy atom. The second-order valence-corrected chi connectivity index (χ2v) is 5.41. The smallest absolute Gasteiger partial charge is 0.419 e. The summed E-state index contributed by atoms with van der Waals surface area (Å²) in [5.41, 5.74) is 4.79. The third kappa shape index (κ3) is 5.16. The summed E-state index contributed by atoms with van der Waals surface area (Å²) in [4.78, 5) is 11.3. The molecular formula is C16H17F3N6O. The maximum absolute atomic E-state index is 12.9. The quantitative estimate of drug-likeness (QED) is 0.569. The van der Waals surface area contributed by atoms with E-state index in [9.17, 15) is 13.2 Å². The summed E-state index contributed by atoms with van der Waals surface area (Å²) in [7, 11) is 0. The van der Waals surface area contributed by atoms with Crippen molar-refractivity contribution in [3.8, 4) is 5.75 Å². The molecule has 0 spiro atoms. The number of aliphatic imine (C=N–C) groups is 1. The molecule has 7 nitrogen and oxygen atoms in total. The molecule has 4 N–H and O–H groups in total. The van der Waals surface area contributed by atoms with Crippen molar-refractivity contribution < 1.29 is 17.9 Å². The van der Waals surface area contributed by atoms with Crippen LogP contribution in [-0.4, -0.2) is 27.9 Å². The van der Waals surface area contributed by atoms with Gasteiger partial charge >= 0.3 is 6.18 Å². The van der Waals surface area contributed by atoms with E-state index in [0.717, 1.165) is 12.1 Å². The molecule has 0 aliphatic rings. The van der Waals surface area contributed by atoms with Crippen LogP contribution in [0.15, 0.2) is 41.7 Å². The van der Waals surface area contributed by atoms with Gasteiger partial charge in [0.15, 0.2) is 5.84 Å². The van der Waals surface area contributed by atoms with Crippen LogP contribution in [0.2, 0.25) is 0 Å². The van der Waals surface area contributed by atoms with Crippen LogP contribution in [0.25, 0.3) is 0 Å². The SMILES string of the molecule is CC(C)Oc1ccc(C(=N)/N=C(\N)Nc2ncccc2C(F)(F)F)nc1. The van der Waals surface area contributed by atoms with Crippen LogP contribution < -0.4 is 15.8 Å². The molecule has 138 valence electrons. The van der Waals surface area contributed by atoms with E-state index in [0.29, 0.717) is 5.75 Å². The lowest BCUT2D eigenvalue weighted by molar-refractivity contribution is -0.137. The fourth-order valence-electron chi connectivity index (χ4n) is 1.92. The highest BCUT2D eigenvalue weighted by atomic mass is 19.4. The average Bonchev–Trinajstić information content (AvgIpc) is 2.54. The number of ether oxygens (including phenoxy) is 1. The Morgan fingerprint density at radius 1 is 1.27 bits per heavy atom. The number of hydrogen-bond donors (Lipinski definition) is 3. The number of aromatic nitrogens is 2. The molecule has 0 unspecified atom stereocenters. The van der Waals surface area contributed by atoms with E-state index in [-0.39, 0.29) is 17.6 Å². The lowest BCUT2D eigenvalue weighted by Crippen LogP contribution is -2.26. The summed E-state index contributed by atoms with van der Waals surface area (Å²) >= 11 is 0. The zero-order valence-corrected chi connectivity index (χ0v) is 14.0. The highest BCUT2D eigenvalue weighted by molar-refractivity contribution is 6.06. The van der Waals surface area contributed by atoms with Crippen LogP contribution in [0.5, 0.6) is 5.75 Å². The first-order chi connectivity index (χ1) is 12.2. The van der Waals surface area contributed by atoms with Crippen molar-refractivity contribution in [3.63, 3.8) is 0 Å². The topological polar surface area (TPSA) is 109 Å². The van der Waals surface area contributed by atoms with Crippen molar-refractivity contribution in [1.29, 1.82) is 5.41 Å². The number of nitrogens with one attached hydrogen (secondary N) is 2. The van der Waals surface area contributed by atoms with Crippen LogP contribution in [0, 0.1) is 5.41 Å². The van der Waals surface area contributed by atoms with Crippen molar-refractivity contribution >= 4 is 17.6 Å². The van der Waals surface area contributed by atoms with E-state index in [4.69, 9.17) is 15.9 Å². The molecule has 0 atom stereocenters. The molecule has 0 saturated carbocycles. The number of guanidine groups is 1. The number of nitrogens with two attached hydrogens (primary N) is 1. The third-order valence-electron chi connectivity index (χ3n) is 2.94. The average molecular weight is 366 g/mol. The van der Waals surface area contributed by atoms with E-state index in [2.05, 4.69) is 20.3 Å². The molecule has 0 bridgehead atoms. The lowest BCUT2D eigenvalue weighted by atomic mass is 10.2. The molecule has 26 heavy (non-hydrogen) atoms. The number of amidine groups is 1. The van der Waals surface area contributed by atoms with Gasteiger partial charge in [0.2, 0.25) is 5.96 Å². The predicted octanol–water partition coefficient (Wildman–Crippen LogP) is 3.03. The third-order valence-corrected chi connectivity index (χ3v) is 2.94. The van der Waals surface area contributed by atoms with Gasteiger partial charge < -0.3 is 15.8 Å². The monoisotopic (exact) mass is 366 g/mol. The van der Waals surface area contributed by atoms with E-state index < -0.39 is 23.5 Å². The summed E-state index contributed by atoms with van der Waals surface area (Å²) in [6, 6.07) is 5.13. The van der Waals surface area contributed by atoms with Gasteiger partial charge in [0.25, 0.3) is 0 Å². The molecule has 10 heteroatoms. The minimum absolute atomic E-state index is 0.0267. The van der Waals surface area contributed by atoms with Crippen molar-refractivity contribution in [2.45, 2.75) is 26.1 Å². The Morgan fingerprint density at radius 2 is 2.00 bits per heavy atom. The largest absolute Gasteiger partial charge is 0.489 e. The Kier molecular flexibility index (Phi) is 5.75. The Labute approximate surface area is 147 Å². The Bertz CT molecular complexity index is 802. The molecule has 2 aromatic heterocycles. The molecule has 2 rings (SSSR count). The number of nitrogens with zero attached hydrogens (tertiary/aromatic N) is 3. The minimum atomic E-state index is -4.60. The van der Waals surface area contributed by atoms with Gasteiger partial charge in [0, 0.05) is 6.20 Å². The Hall–Kier alpha value is -3.17.